The first kappa shape index (κ1) is 17.2. The van der Waals surface area contributed by atoms with Crippen LogP contribution in [0.5, 0.6) is 0 Å². The van der Waals surface area contributed by atoms with Gasteiger partial charge in [-0.25, -0.2) is 0 Å². The van der Waals surface area contributed by atoms with Gasteiger partial charge in [-0.1, -0.05) is 48.0 Å². The lowest BCUT2D eigenvalue weighted by molar-refractivity contribution is -0.149. The monoisotopic (exact) mass is 337 g/mol. The van der Waals surface area contributed by atoms with Gasteiger partial charge in [0, 0.05) is 18.7 Å². The average molecular weight is 337 g/mol. The van der Waals surface area contributed by atoms with Gasteiger partial charge in [0.2, 0.25) is 0 Å². The molecule has 0 atom stereocenters. The van der Waals surface area contributed by atoms with Crippen LogP contribution in [-0.2, 0) is 14.9 Å². The van der Waals surface area contributed by atoms with Crippen LogP contribution in [0.4, 0.5) is 0 Å². The van der Waals surface area contributed by atoms with Crippen LogP contribution in [0, 0.1) is 6.92 Å². The summed E-state index contributed by atoms with van der Waals surface area (Å²) >= 11 is 0. The van der Waals surface area contributed by atoms with Crippen molar-refractivity contribution in [1.82, 2.24) is 4.90 Å². The van der Waals surface area contributed by atoms with Gasteiger partial charge in [-0.2, -0.15) is 0 Å². The number of rotatable bonds is 3. The maximum Gasteiger partial charge on any atom is 0.316 e. The first-order valence-electron chi connectivity index (χ1n) is 8.57. The Bertz CT molecular complexity index is 762. The van der Waals surface area contributed by atoms with Crippen molar-refractivity contribution in [2.75, 3.05) is 20.2 Å². The second-order valence-electron chi connectivity index (χ2n) is 6.60. The molecule has 2 aromatic carbocycles. The van der Waals surface area contributed by atoms with Crippen LogP contribution in [0.2, 0.25) is 0 Å². The molecule has 4 heteroatoms. The zero-order valence-corrected chi connectivity index (χ0v) is 14.7. The zero-order valence-electron chi connectivity index (χ0n) is 14.7. The molecule has 25 heavy (non-hydrogen) atoms. The van der Waals surface area contributed by atoms with Crippen molar-refractivity contribution >= 4 is 11.9 Å². The van der Waals surface area contributed by atoms with Crippen LogP contribution in [0.15, 0.2) is 54.6 Å². The van der Waals surface area contributed by atoms with Gasteiger partial charge in [0.05, 0.1) is 12.5 Å². The third-order valence-electron chi connectivity index (χ3n) is 5.07. The van der Waals surface area contributed by atoms with Crippen molar-refractivity contribution in [3.8, 4) is 0 Å². The van der Waals surface area contributed by atoms with Gasteiger partial charge in [0.25, 0.3) is 5.91 Å². The van der Waals surface area contributed by atoms with E-state index in [1.54, 1.807) is 0 Å². The molecule has 0 bridgehead atoms. The van der Waals surface area contributed by atoms with Gasteiger partial charge in [-0.05, 0) is 37.5 Å². The molecule has 4 nitrogen and oxygen atoms in total. The van der Waals surface area contributed by atoms with Crippen LogP contribution < -0.4 is 0 Å². The Hall–Kier alpha value is -2.62. The second-order valence-corrected chi connectivity index (χ2v) is 6.60. The molecule has 1 aliphatic heterocycles. The number of hydrogen-bond donors (Lipinski definition) is 0. The van der Waals surface area contributed by atoms with Crippen LogP contribution in [0.25, 0.3) is 0 Å². The number of aryl methyl sites for hydroxylation is 1. The van der Waals surface area contributed by atoms with Crippen LogP contribution in [0.3, 0.4) is 0 Å². The van der Waals surface area contributed by atoms with Gasteiger partial charge in [0.15, 0.2) is 0 Å². The van der Waals surface area contributed by atoms with E-state index >= 15 is 0 Å². The van der Waals surface area contributed by atoms with Crippen LogP contribution >= 0.6 is 0 Å². The minimum atomic E-state index is -0.667. The summed E-state index contributed by atoms with van der Waals surface area (Å²) in [4.78, 5) is 27.1. The highest BCUT2D eigenvalue weighted by Gasteiger charge is 2.44. The molecule has 0 aliphatic carbocycles. The molecule has 0 aromatic heterocycles. The van der Waals surface area contributed by atoms with Crippen molar-refractivity contribution in [2.45, 2.75) is 25.2 Å². The second kappa shape index (κ2) is 7.09. The molecule has 0 spiro atoms. The van der Waals surface area contributed by atoms with Crippen LogP contribution in [-0.4, -0.2) is 37.0 Å². The molecule has 2 aromatic rings. The molecule has 0 unspecified atom stereocenters. The number of ether oxygens (including phenoxy) is 1. The summed E-state index contributed by atoms with van der Waals surface area (Å²) in [5.41, 5.74) is 2.06. The normalized spacial score (nSPS) is 16.3. The molecule has 1 amide bonds. The standard InChI is InChI=1S/C21H23NO3/c1-16-7-6-8-17(15-16)19(23)22-13-11-21(12-14-22,20(24)25-2)18-9-4-3-5-10-18/h3-10,15H,11-14H2,1-2H3. The SMILES string of the molecule is COC(=O)C1(c2ccccc2)CCN(C(=O)c2cccc(C)c2)CC1. The van der Waals surface area contributed by atoms with E-state index in [1.807, 2.05) is 66.4 Å². The van der Waals surface area contributed by atoms with Gasteiger partial charge < -0.3 is 9.64 Å². The summed E-state index contributed by atoms with van der Waals surface area (Å²) in [7, 11) is 1.43. The lowest BCUT2D eigenvalue weighted by atomic mass is 9.72. The van der Waals surface area contributed by atoms with E-state index in [-0.39, 0.29) is 11.9 Å². The number of likely N-dealkylation sites (tertiary alicyclic amines) is 1. The summed E-state index contributed by atoms with van der Waals surface area (Å²) in [6, 6.07) is 17.4. The highest BCUT2D eigenvalue weighted by atomic mass is 16.5. The average Bonchev–Trinajstić information content (AvgIpc) is 2.67. The number of esters is 1. The zero-order chi connectivity index (χ0) is 17.9. The number of piperidine rings is 1. The van der Waals surface area contributed by atoms with E-state index in [4.69, 9.17) is 4.74 Å². The number of amides is 1. The summed E-state index contributed by atoms with van der Waals surface area (Å²) < 4.78 is 5.10. The van der Waals surface area contributed by atoms with Gasteiger partial charge >= 0.3 is 5.97 Å². The van der Waals surface area contributed by atoms with Gasteiger partial charge in [0.1, 0.15) is 0 Å². The number of methoxy groups -OCH3 is 1. The molecule has 0 radical (unpaired) electrons. The Labute approximate surface area is 148 Å². The lowest BCUT2D eigenvalue weighted by Gasteiger charge is -2.40. The highest BCUT2D eigenvalue weighted by Crippen LogP contribution is 2.37. The van der Waals surface area contributed by atoms with E-state index in [9.17, 15) is 9.59 Å². The van der Waals surface area contributed by atoms with Crippen molar-refractivity contribution in [1.29, 1.82) is 0 Å². The van der Waals surface area contributed by atoms with Crippen molar-refractivity contribution in [3.63, 3.8) is 0 Å². The summed E-state index contributed by atoms with van der Waals surface area (Å²) in [6.07, 6.45) is 1.14. The topological polar surface area (TPSA) is 46.6 Å². The maximum atomic E-state index is 12.7. The molecule has 1 heterocycles. The maximum absolute atomic E-state index is 12.7. The van der Waals surface area contributed by atoms with Crippen molar-refractivity contribution in [3.05, 3.63) is 71.3 Å². The summed E-state index contributed by atoms with van der Waals surface area (Å²) in [5.74, 6) is -0.198. The molecule has 0 N–H and O–H groups in total. The molecular weight excluding hydrogens is 314 g/mol. The number of nitrogens with zero attached hydrogens (tertiary/aromatic N) is 1. The Morgan fingerprint density at radius 1 is 1.00 bits per heavy atom. The molecule has 1 fully saturated rings. The lowest BCUT2D eigenvalue weighted by Crippen LogP contribution is -2.49. The third-order valence-corrected chi connectivity index (χ3v) is 5.07. The number of benzene rings is 2. The van der Waals surface area contributed by atoms with Gasteiger partial charge in [-0.3, -0.25) is 9.59 Å². The first-order valence-corrected chi connectivity index (χ1v) is 8.57. The smallest absolute Gasteiger partial charge is 0.316 e. The van der Waals surface area contributed by atoms with E-state index in [1.165, 1.54) is 7.11 Å². The number of carbonyl (C=O) groups excluding carboxylic acids is 2. The number of carbonyl (C=O) groups is 2. The molecule has 3 rings (SSSR count). The predicted octanol–water partition coefficient (Wildman–Crippen LogP) is 3.34. The third kappa shape index (κ3) is 3.29. The highest BCUT2D eigenvalue weighted by molar-refractivity contribution is 5.94. The molecule has 130 valence electrons. The van der Waals surface area contributed by atoms with E-state index in [2.05, 4.69) is 0 Å². The fourth-order valence-electron chi connectivity index (χ4n) is 3.62. The Kier molecular flexibility index (Phi) is 4.88. The fourth-order valence-corrected chi connectivity index (χ4v) is 3.62. The molecular formula is C21H23NO3. The van der Waals surface area contributed by atoms with E-state index < -0.39 is 5.41 Å². The molecule has 1 saturated heterocycles. The van der Waals surface area contributed by atoms with Gasteiger partial charge in [-0.15, -0.1) is 0 Å². The fraction of sp³-hybridized carbons (Fsp3) is 0.333. The van der Waals surface area contributed by atoms with E-state index in [0.29, 0.717) is 31.5 Å². The molecule has 1 aliphatic rings. The van der Waals surface area contributed by atoms with Crippen molar-refractivity contribution in [2.24, 2.45) is 0 Å². The number of hydrogen-bond acceptors (Lipinski definition) is 3. The quantitative estimate of drug-likeness (QED) is 0.807. The van der Waals surface area contributed by atoms with Crippen LogP contribution in [0.1, 0.15) is 34.3 Å². The molecule has 0 saturated carbocycles. The minimum Gasteiger partial charge on any atom is -0.468 e. The summed E-state index contributed by atoms with van der Waals surface area (Å²) in [6.45, 7) is 3.05. The summed E-state index contributed by atoms with van der Waals surface area (Å²) in [5, 5.41) is 0. The van der Waals surface area contributed by atoms with E-state index in [0.717, 1.165) is 11.1 Å². The Balaban J connectivity index is 1.81. The Morgan fingerprint density at radius 3 is 2.28 bits per heavy atom. The largest absolute Gasteiger partial charge is 0.468 e. The predicted molar refractivity (Wildman–Crippen MR) is 96.5 cm³/mol. The first-order chi connectivity index (χ1) is 12.1. The van der Waals surface area contributed by atoms with Crippen molar-refractivity contribution < 1.29 is 14.3 Å². The minimum absolute atomic E-state index is 0.0234. The Morgan fingerprint density at radius 2 is 1.68 bits per heavy atom.